The number of carbonyl (C=O) groups excluding carboxylic acids is 2. The molecular formula is C59H46F6N8O15. The summed E-state index contributed by atoms with van der Waals surface area (Å²) in [5, 5.41) is 43.8. The number of H-pyrrole nitrogens is 2. The summed E-state index contributed by atoms with van der Waals surface area (Å²) < 4.78 is 103. The number of amides is 2. The van der Waals surface area contributed by atoms with E-state index in [1.54, 1.807) is 24.5 Å². The minimum absolute atomic E-state index is 0.0434. The van der Waals surface area contributed by atoms with E-state index in [2.05, 4.69) is 40.5 Å². The van der Waals surface area contributed by atoms with Gasteiger partial charge in [0.1, 0.15) is 70.0 Å². The third kappa shape index (κ3) is 13.2. The minimum atomic E-state index is -4.41. The van der Waals surface area contributed by atoms with E-state index in [9.17, 15) is 55.1 Å². The summed E-state index contributed by atoms with van der Waals surface area (Å²) in [6.07, 6.45) is -1.79. The molecule has 8 aromatic rings. The van der Waals surface area contributed by atoms with E-state index >= 15 is 0 Å². The number of imidazole rings is 2. The van der Waals surface area contributed by atoms with E-state index in [0.717, 1.165) is 65.1 Å². The number of nitrogens with one attached hydrogen (secondary N) is 4. The molecule has 2 amide bonds. The highest BCUT2D eigenvalue weighted by atomic mass is 19.4. The predicted molar refractivity (Wildman–Crippen MR) is 294 cm³/mol. The lowest BCUT2D eigenvalue weighted by Gasteiger charge is -2.19. The molecule has 4 aromatic heterocycles. The number of pyridine rings is 2. The number of ether oxygens (including phenoxy) is 4. The van der Waals surface area contributed by atoms with Crippen LogP contribution < -0.4 is 29.6 Å². The molecule has 8 heterocycles. The number of aromatic amines is 2. The summed E-state index contributed by atoms with van der Waals surface area (Å²) in [6, 6.07) is 21.8. The van der Waals surface area contributed by atoms with Crippen LogP contribution in [0.5, 0.6) is 34.5 Å². The first-order valence-electron chi connectivity index (χ1n) is 26.3. The molecule has 14 rings (SSSR count). The topological polar surface area (TPSA) is 348 Å². The van der Waals surface area contributed by atoms with E-state index in [1.807, 2.05) is 36.4 Å². The highest BCUT2D eigenvalue weighted by Crippen LogP contribution is 2.64. The lowest BCUT2D eigenvalue weighted by Crippen LogP contribution is -2.20. The van der Waals surface area contributed by atoms with Gasteiger partial charge in [-0.25, -0.2) is 39.1 Å². The molecule has 2 saturated carbocycles. The van der Waals surface area contributed by atoms with Gasteiger partial charge in [0.05, 0.1) is 45.0 Å². The number of aliphatic carboxylic acids is 4. The Kier molecular flexibility index (Phi) is 16.6. The average Bonchev–Trinajstić information content (AvgIpc) is 1.58. The lowest BCUT2D eigenvalue weighted by atomic mass is 10.1. The number of hydrogen-bond acceptors (Lipinski definition) is 15. The standard InChI is InChI=1S/2C25H17F3N4O3.2C4H4O4.CH4O/c2*26-25(27,28)11-1-4-15-16(9-11)31-24(30-15)21-20-14-10-12(2-5-17(14)35-22(20)21)34-18-7-8-29-23-13(18)3-6-19(33)32-23;2*5-3(6)1-2-4(7)8;1-2/h2*1-2,4-5,7-10,20-22H,3,6H2,(H,30,31)(H,29,32,33);2*1-2H,(H,5,6)(H,7,8);2H,1H3/b;;2*2-1-;/t2*20-,21-,22-;;;/m00.../s1. The maximum absolute atomic E-state index is 13.1. The number of aliphatic hydroxyl groups excluding tert-OH is 1. The zero-order valence-corrected chi connectivity index (χ0v) is 45.2. The smallest absolute Gasteiger partial charge is 0.416 e. The van der Waals surface area contributed by atoms with Gasteiger partial charge < -0.3 is 65.1 Å². The molecular weight excluding hydrogens is 1170 g/mol. The van der Waals surface area contributed by atoms with Crippen molar-refractivity contribution in [1.29, 1.82) is 0 Å². The molecule has 0 saturated heterocycles. The molecule has 6 aliphatic rings. The van der Waals surface area contributed by atoms with Crippen molar-refractivity contribution in [3.63, 3.8) is 0 Å². The monoisotopic (exact) mass is 1220 g/mol. The normalized spacial score (nSPS) is 19.4. The zero-order chi connectivity index (χ0) is 62.9. The average molecular weight is 1220 g/mol. The first kappa shape index (κ1) is 60.3. The highest BCUT2D eigenvalue weighted by molar-refractivity contribution is 5.94. The number of aromatic nitrogens is 6. The molecule has 88 heavy (non-hydrogen) atoms. The molecule has 0 radical (unpaired) electrons. The largest absolute Gasteiger partial charge is 0.489 e. The summed E-state index contributed by atoms with van der Waals surface area (Å²) in [5.41, 5.74) is 3.93. The number of aliphatic hydroxyl groups is 1. The second-order valence-electron chi connectivity index (χ2n) is 20.0. The van der Waals surface area contributed by atoms with Gasteiger partial charge in [-0.1, -0.05) is 0 Å². The third-order valence-corrected chi connectivity index (χ3v) is 14.3. The quantitative estimate of drug-likeness (QED) is 0.0454. The summed E-state index contributed by atoms with van der Waals surface area (Å²) >= 11 is 0. The molecule has 0 spiro atoms. The number of alkyl halides is 6. The number of rotatable bonds is 10. The molecule has 4 aliphatic heterocycles. The van der Waals surface area contributed by atoms with Gasteiger partial charge in [-0.2, -0.15) is 26.3 Å². The fourth-order valence-corrected chi connectivity index (χ4v) is 10.4. The predicted octanol–water partition coefficient (Wildman–Crippen LogP) is 9.62. The van der Waals surface area contributed by atoms with Crippen molar-refractivity contribution in [3.8, 4) is 34.5 Å². The van der Waals surface area contributed by atoms with Crippen LogP contribution >= 0.6 is 0 Å². The maximum atomic E-state index is 13.1. The summed E-state index contributed by atoms with van der Waals surface area (Å²) in [6.45, 7) is 0. The Bertz CT molecular complexity index is 3870. The van der Waals surface area contributed by atoms with Gasteiger partial charge in [-0.05, 0) is 97.8 Å². The summed E-state index contributed by atoms with van der Waals surface area (Å²) in [7, 11) is 1.00. The number of halogens is 6. The molecule has 454 valence electrons. The first-order valence-corrected chi connectivity index (χ1v) is 26.3. The van der Waals surface area contributed by atoms with Gasteiger partial charge >= 0.3 is 36.2 Å². The highest BCUT2D eigenvalue weighted by Gasteiger charge is 2.62. The Morgan fingerprint density at radius 3 is 1.25 bits per heavy atom. The lowest BCUT2D eigenvalue weighted by molar-refractivity contribution is -0.138. The fourth-order valence-electron chi connectivity index (χ4n) is 10.4. The van der Waals surface area contributed by atoms with E-state index in [1.165, 1.54) is 12.1 Å². The summed E-state index contributed by atoms with van der Waals surface area (Å²) in [5.74, 6) is 1.12. The number of carboxylic acids is 4. The number of fused-ring (bicyclic) bond motifs is 10. The van der Waals surface area contributed by atoms with Crippen LogP contribution in [0.25, 0.3) is 22.1 Å². The molecule has 9 N–H and O–H groups in total. The molecule has 0 unspecified atom stereocenters. The van der Waals surface area contributed by atoms with E-state index in [-0.39, 0.29) is 47.7 Å². The number of hydrogen-bond donors (Lipinski definition) is 9. The van der Waals surface area contributed by atoms with Gasteiger partial charge in [0.15, 0.2) is 0 Å². The third-order valence-electron chi connectivity index (χ3n) is 14.3. The molecule has 4 aromatic carbocycles. The van der Waals surface area contributed by atoms with Crippen molar-refractivity contribution in [2.75, 3.05) is 17.7 Å². The number of carboxylic acid groups (broad SMARTS) is 4. The second-order valence-corrected chi connectivity index (χ2v) is 20.0. The van der Waals surface area contributed by atoms with Gasteiger partial charge in [0.2, 0.25) is 11.8 Å². The molecule has 2 fully saturated rings. The van der Waals surface area contributed by atoms with Crippen molar-refractivity contribution in [1.82, 2.24) is 29.9 Å². The Morgan fingerprint density at radius 2 is 0.898 bits per heavy atom. The number of carbonyl (C=O) groups is 6. The van der Waals surface area contributed by atoms with Gasteiger partial charge in [-0.15, -0.1) is 0 Å². The fraction of sp³-hybridized carbons (Fsp3) is 0.220. The molecule has 23 nitrogen and oxygen atoms in total. The van der Waals surface area contributed by atoms with E-state index in [0.29, 0.717) is 118 Å². The van der Waals surface area contributed by atoms with Crippen LogP contribution in [-0.2, 0) is 54.0 Å². The van der Waals surface area contributed by atoms with Crippen LogP contribution in [0.4, 0.5) is 38.0 Å². The van der Waals surface area contributed by atoms with Crippen LogP contribution in [0.2, 0.25) is 0 Å². The van der Waals surface area contributed by atoms with Gasteiger partial charge in [-0.3, -0.25) is 9.59 Å². The summed E-state index contributed by atoms with van der Waals surface area (Å²) in [4.78, 5) is 85.2. The van der Waals surface area contributed by atoms with Crippen LogP contribution in [0.15, 0.2) is 122 Å². The molecule has 0 bridgehead atoms. The number of nitrogens with zero attached hydrogens (tertiary/aromatic N) is 4. The molecule has 2 aliphatic carbocycles. The maximum Gasteiger partial charge on any atom is 0.416 e. The van der Waals surface area contributed by atoms with Crippen LogP contribution in [0, 0.1) is 0 Å². The van der Waals surface area contributed by atoms with E-state index < -0.39 is 47.4 Å². The second kappa shape index (κ2) is 24.3. The Morgan fingerprint density at radius 1 is 0.523 bits per heavy atom. The first-order chi connectivity index (χ1) is 41.9. The van der Waals surface area contributed by atoms with Gasteiger partial charge in [0.25, 0.3) is 0 Å². The van der Waals surface area contributed by atoms with Crippen molar-refractivity contribution in [3.05, 3.63) is 167 Å². The molecule has 29 heteroatoms. The van der Waals surface area contributed by atoms with Crippen molar-refractivity contribution in [2.45, 2.75) is 73.9 Å². The van der Waals surface area contributed by atoms with Crippen molar-refractivity contribution >= 4 is 69.4 Å². The zero-order valence-electron chi connectivity index (χ0n) is 45.2. The number of benzene rings is 4. The van der Waals surface area contributed by atoms with Crippen LogP contribution in [0.3, 0.4) is 0 Å². The Balaban J connectivity index is 0.000000153. The Labute approximate surface area is 490 Å². The van der Waals surface area contributed by atoms with Crippen LogP contribution in [-0.4, -0.2) is 110 Å². The van der Waals surface area contributed by atoms with Crippen molar-refractivity contribution < 1.29 is 99.6 Å². The van der Waals surface area contributed by atoms with Crippen molar-refractivity contribution in [2.24, 2.45) is 0 Å². The minimum Gasteiger partial charge on any atom is -0.489 e. The Hall–Kier alpha value is -10.8. The SMILES string of the molecule is CO.O=C(O)/C=C\C(=O)O.O=C(O)/C=C\C(=O)O.O=C1CCc2c(Oc3ccc4c(c3)[C@@H]3[C@H](O4)[C@H]3c3nc4ccc(C(F)(F)F)cc4[nH]3)ccnc2N1.O=C1CCc2c(Oc3ccc4c(c3)[C@@H]3[C@H](O4)[C@H]3c3nc4ccc(C(F)(F)F)cc4[nH]3)ccnc2N1. The van der Waals surface area contributed by atoms with E-state index in [4.69, 9.17) is 44.5 Å². The molecule has 6 atom stereocenters. The number of anilines is 2. The van der Waals surface area contributed by atoms with Gasteiger partial charge in [0, 0.05) is 90.7 Å². The van der Waals surface area contributed by atoms with Crippen LogP contribution in [0.1, 0.15) is 81.5 Å².